The lowest BCUT2D eigenvalue weighted by Gasteiger charge is -2.02. The predicted molar refractivity (Wildman–Crippen MR) is 65.3 cm³/mol. The number of aromatic nitrogens is 3. The predicted octanol–water partition coefficient (Wildman–Crippen LogP) is 1.61. The van der Waals surface area contributed by atoms with Gasteiger partial charge in [0.05, 0.1) is 0 Å². The van der Waals surface area contributed by atoms with E-state index in [-0.39, 0.29) is 5.91 Å². The number of nitrogens with zero attached hydrogens (tertiary/aromatic N) is 3. The Morgan fingerprint density at radius 3 is 2.65 bits per heavy atom. The van der Waals surface area contributed by atoms with Crippen molar-refractivity contribution >= 4 is 11.6 Å². The van der Waals surface area contributed by atoms with E-state index in [9.17, 15) is 4.79 Å². The molecule has 1 amide bonds. The van der Waals surface area contributed by atoms with Crippen molar-refractivity contribution in [2.45, 2.75) is 0 Å². The smallest absolute Gasteiger partial charge is 0.247 e. The Bertz CT molecular complexity index is 542. The molecule has 0 bridgehead atoms. The van der Waals surface area contributed by atoms with Crippen molar-refractivity contribution in [2.75, 3.05) is 5.32 Å². The summed E-state index contributed by atoms with van der Waals surface area (Å²) < 4.78 is 1.64. The fourth-order valence-corrected chi connectivity index (χ4v) is 1.37. The molecule has 0 aliphatic heterocycles. The Hall–Kier alpha value is -2.43. The standard InChI is InChI=1S/C12H12N4O/c1-3-11(17)14-10-6-4-9(5-7-10)12-13-8-16(2)15-12/h3-8H,1H2,2H3,(H,14,17). The molecule has 5 heteroatoms. The summed E-state index contributed by atoms with van der Waals surface area (Å²) in [5.74, 6) is 0.433. The third kappa shape index (κ3) is 2.57. The molecule has 0 saturated carbocycles. The first-order chi connectivity index (χ1) is 8.19. The molecule has 1 heterocycles. The number of carbonyl (C=O) groups excluding carboxylic acids is 1. The second-order valence-electron chi connectivity index (χ2n) is 3.51. The molecule has 0 fully saturated rings. The van der Waals surface area contributed by atoms with Gasteiger partial charge in [-0.1, -0.05) is 6.58 Å². The van der Waals surface area contributed by atoms with E-state index >= 15 is 0 Å². The zero-order chi connectivity index (χ0) is 12.3. The minimum Gasteiger partial charge on any atom is -0.323 e. The van der Waals surface area contributed by atoms with Crippen LogP contribution < -0.4 is 5.32 Å². The fraction of sp³-hybridized carbons (Fsp3) is 0.0833. The summed E-state index contributed by atoms with van der Waals surface area (Å²) in [6.45, 7) is 3.39. The van der Waals surface area contributed by atoms with Gasteiger partial charge in [0.15, 0.2) is 5.82 Å². The summed E-state index contributed by atoms with van der Waals surface area (Å²) in [6.07, 6.45) is 2.87. The fourth-order valence-electron chi connectivity index (χ4n) is 1.37. The molecule has 0 saturated heterocycles. The highest BCUT2D eigenvalue weighted by Gasteiger charge is 2.03. The Balaban J connectivity index is 2.18. The normalized spacial score (nSPS) is 9.94. The van der Waals surface area contributed by atoms with E-state index < -0.39 is 0 Å². The van der Waals surface area contributed by atoms with E-state index in [1.165, 1.54) is 6.08 Å². The van der Waals surface area contributed by atoms with E-state index in [4.69, 9.17) is 0 Å². The van der Waals surface area contributed by atoms with Gasteiger partial charge in [-0.2, -0.15) is 5.10 Å². The van der Waals surface area contributed by atoms with Crippen LogP contribution in [0, 0.1) is 0 Å². The van der Waals surface area contributed by atoms with E-state index in [0.717, 1.165) is 11.3 Å². The second kappa shape index (κ2) is 4.61. The molecule has 1 N–H and O–H groups in total. The van der Waals surface area contributed by atoms with Crippen LogP contribution in [-0.4, -0.2) is 20.7 Å². The van der Waals surface area contributed by atoms with Gasteiger partial charge in [-0.15, -0.1) is 0 Å². The third-order valence-corrected chi connectivity index (χ3v) is 2.20. The summed E-state index contributed by atoms with van der Waals surface area (Å²) in [7, 11) is 1.81. The molecule has 0 aliphatic rings. The number of benzene rings is 1. The second-order valence-corrected chi connectivity index (χ2v) is 3.51. The van der Waals surface area contributed by atoms with E-state index in [0.29, 0.717) is 5.82 Å². The van der Waals surface area contributed by atoms with Crippen molar-refractivity contribution < 1.29 is 4.79 Å². The lowest BCUT2D eigenvalue weighted by Crippen LogP contribution is -2.06. The molecule has 2 rings (SSSR count). The molecule has 1 aromatic carbocycles. The van der Waals surface area contributed by atoms with E-state index in [2.05, 4.69) is 22.0 Å². The maximum atomic E-state index is 11.1. The lowest BCUT2D eigenvalue weighted by atomic mass is 10.2. The average molecular weight is 228 g/mol. The number of hydrogen-bond acceptors (Lipinski definition) is 3. The first kappa shape index (κ1) is 11.1. The van der Waals surface area contributed by atoms with Crippen LogP contribution in [0.2, 0.25) is 0 Å². The summed E-state index contributed by atoms with van der Waals surface area (Å²) in [4.78, 5) is 15.2. The molecule has 0 atom stereocenters. The van der Waals surface area contributed by atoms with Crippen molar-refractivity contribution in [3.63, 3.8) is 0 Å². The molecule has 0 spiro atoms. The van der Waals surface area contributed by atoms with Crippen molar-refractivity contribution in [2.24, 2.45) is 7.05 Å². The Morgan fingerprint density at radius 1 is 1.41 bits per heavy atom. The number of amides is 1. The van der Waals surface area contributed by atoms with E-state index in [1.807, 2.05) is 19.2 Å². The topological polar surface area (TPSA) is 59.8 Å². The van der Waals surface area contributed by atoms with Gasteiger partial charge in [-0.25, -0.2) is 4.98 Å². The zero-order valence-electron chi connectivity index (χ0n) is 9.42. The molecule has 0 aliphatic carbocycles. The molecular formula is C12H12N4O. The molecule has 5 nitrogen and oxygen atoms in total. The van der Waals surface area contributed by atoms with Gasteiger partial charge in [0.2, 0.25) is 5.91 Å². The van der Waals surface area contributed by atoms with Gasteiger partial charge >= 0.3 is 0 Å². The van der Waals surface area contributed by atoms with Crippen LogP contribution in [-0.2, 0) is 11.8 Å². The van der Waals surface area contributed by atoms with Gasteiger partial charge in [0.1, 0.15) is 6.33 Å². The molecular weight excluding hydrogens is 216 g/mol. The van der Waals surface area contributed by atoms with Crippen molar-refractivity contribution in [1.29, 1.82) is 0 Å². The number of aryl methyl sites for hydroxylation is 1. The van der Waals surface area contributed by atoms with Crippen LogP contribution in [0.25, 0.3) is 11.4 Å². The Kier molecular flexibility index (Phi) is 3.00. The SMILES string of the molecule is C=CC(=O)Nc1ccc(-c2ncn(C)n2)cc1. The minimum absolute atomic E-state index is 0.228. The van der Waals surface area contributed by atoms with E-state index in [1.54, 1.807) is 23.1 Å². The lowest BCUT2D eigenvalue weighted by molar-refractivity contribution is -0.111. The Morgan fingerprint density at radius 2 is 2.12 bits per heavy atom. The summed E-state index contributed by atoms with van der Waals surface area (Å²) in [6, 6.07) is 7.31. The number of rotatable bonds is 3. The zero-order valence-corrected chi connectivity index (χ0v) is 9.42. The molecule has 1 aromatic heterocycles. The number of hydrogen-bond donors (Lipinski definition) is 1. The largest absolute Gasteiger partial charge is 0.323 e. The van der Waals surface area contributed by atoms with Crippen LogP contribution in [0.1, 0.15) is 0 Å². The van der Waals surface area contributed by atoms with Crippen molar-refractivity contribution in [1.82, 2.24) is 14.8 Å². The van der Waals surface area contributed by atoms with Gasteiger partial charge in [-0.3, -0.25) is 9.48 Å². The summed E-state index contributed by atoms with van der Waals surface area (Å²) >= 11 is 0. The highest BCUT2D eigenvalue weighted by Crippen LogP contribution is 2.17. The van der Waals surface area contributed by atoms with Crippen molar-refractivity contribution in [3.8, 4) is 11.4 Å². The third-order valence-electron chi connectivity index (χ3n) is 2.20. The molecule has 2 aromatic rings. The number of nitrogens with one attached hydrogen (secondary N) is 1. The van der Waals surface area contributed by atoms with Crippen molar-refractivity contribution in [3.05, 3.63) is 43.2 Å². The first-order valence-electron chi connectivity index (χ1n) is 5.08. The van der Waals surface area contributed by atoms with Crippen LogP contribution in [0.5, 0.6) is 0 Å². The summed E-state index contributed by atoms with van der Waals surface area (Å²) in [5, 5.41) is 6.86. The Labute approximate surface area is 98.8 Å². The molecule has 0 unspecified atom stereocenters. The van der Waals surface area contributed by atoms with Gasteiger partial charge in [0.25, 0.3) is 0 Å². The van der Waals surface area contributed by atoms with Crippen LogP contribution in [0.3, 0.4) is 0 Å². The molecule has 86 valence electrons. The number of carbonyl (C=O) groups is 1. The summed E-state index contributed by atoms with van der Waals surface area (Å²) in [5.41, 5.74) is 1.62. The highest BCUT2D eigenvalue weighted by molar-refractivity contribution is 5.98. The number of anilines is 1. The van der Waals surface area contributed by atoms with Crippen LogP contribution in [0.15, 0.2) is 43.2 Å². The van der Waals surface area contributed by atoms with Crippen LogP contribution in [0.4, 0.5) is 5.69 Å². The molecule has 17 heavy (non-hydrogen) atoms. The van der Waals surface area contributed by atoms with Gasteiger partial charge < -0.3 is 5.32 Å². The quantitative estimate of drug-likeness (QED) is 0.812. The highest BCUT2D eigenvalue weighted by atomic mass is 16.1. The van der Waals surface area contributed by atoms with Crippen LogP contribution >= 0.6 is 0 Å². The monoisotopic (exact) mass is 228 g/mol. The maximum Gasteiger partial charge on any atom is 0.247 e. The minimum atomic E-state index is -0.228. The molecule has 0 radical (unpaired) electrons. The average Bonchev–Trinajstić information content (AvgIpc) is 2.77. The first-order valence-corrected chi connectivity index (χ1v) is 5.08. The van der Waals surface area contributed by atoms with Gasteiger partial charge in [0, 0.05) is 18.3 Å². The maximum absolute atomic E-state index is 11.1. The van der Waals surface area contributed by atoms with Gasteiger partial charge in [-0.05, 0) is 30.3 Å².